The molecule has 1 aromatic rings. The molecule has 3 rings (SSSR count). The summed E-state index contributed by atoms with van der Waals surface area (Å²) in [6.45, 7) is 0. The Morgan fingerprint density at radius 2 is 1.74 bits per heavy atom. The molecule has 0 radical (unpaired) electrons. The van der Waals surface area contributed by atoms with Gasteiger partial charge in [-0.05, 0) is 43.9 Å². The Balaban J connectivity index is 1.81. The van der Waals surface area contributed by atoms with Crippen molar-refractivity contribution in [1.82, 2.24) is 10.0 Å². The lowest BCUT2D eigenvalue weighted by atomic mass is 10.0. The van der Waals surface area contributed by atoms with E-state index >= 15 is 0 Å². The number of hydrogen-bond donors (Lipinski definition) is 2. The normalized spacial score (nSPS) is 28.0. The molecule has 23 heavy (non-hydrogen) atoms. The predicted molar refractivity (Wildman–Crippen MR) is 82.8 cm³/mol. The van der Waals surface area contributed by atoms with Gasteiger partial charge in [-0.15, -0.1) is 0 Å². The van der Waals surface area contributed by atoms with Crippen LogP contribution in [0.25, 0.3) is 0 Å². The lowest BCUT2D eigenvalue weighted by Crippen LogP contribution is -2.47. The van der Waals surface area contributed by atoms with Gasteiger partial charge in [0.25, 0.3) is 0 Å². The monoisotopic (exact) mass is 362 g/mol. The highest BCUT2D eigenvalue weighted by molar-refractivity contribution is 7.90. The number of sulfonamides is 1. The summed E-state index contributed by atoms with van der Waals surface area (Å²) >= 11 is 0. The van der Waals surface area contributed by atoms with Crippen molar-refractivity contribution in [2.45, 2.75) is 53.6 Å². The molecule has 128 valence electrons. The zero-order valence-electron chi connectivity index (χ0n) is 12.6. The van der Waals surface area contributed by atoms with E-state index in [1.807, 2.05) is 0 Å². The zero-order chi connectivity index (χ0) is 16.8. The molecule has 0 saturated carbocycles. The van der Waals surface area contributed by atoms with Crippen LogP contribution >= 0.6 is 0 Å². The second-order valence-electron chi connectivity index (χ2n) is 6.29. The molecule has 1 aromatic carbocycles. The summed E-state index contributed by atoms with van der Waals surface area (Å²) in [5, 5.41) is 3.42. The Bertz CT molecular complexity index is 811. The average Bonchev–Trinajstić information content (AvgIpc) is 2.76. The second kappa shape index (κ2) is 5.80. The summed E-state index contributed by atoms with van der Waals surface area (Å²) < 4.78 is 64.1. The molecular weight excluding hydrogens is 343 g/mol. The fourth-order valence-corrected chi connectivity index (χ4v) is 5.39. The first-order valence-corrected chi connectivity index (χ1v) is 10.8. The highest BCUT2D eigenvalue weighted by Gasteiger charge is 2.35. The number of benzene rings is 1. The van der Waals surface area contributed by atoms with Crippen LogP contribution in [0, 0.1) is 5.82 Å². The topological polar surface area (TPSA) is 92.3 Å². The third-order valence-corrected chi connectivity index (χ3v) is 7.06. The van der Waals surface area contributed by atoms with Crippen LogP contribution in [0.4, 0.5) is 4.39 Å². The minimum Gasteiger partial charge on any atom is -0.311 e. The van der Waals surface area contributed by atoms with E-state index in [0.717, 1.165) is 37.3 Å². The number of sulfone groups is 1. The van der Waals surface area contributed by atoms with E-state index in [1.165, 1.54) is 0 Å². The summed E-state index contributed by atoms with van der Waals surface area (Å²) in [7, 11) is -7.60. The maximum Gasteiger partial charge on any atom is 0.240 e. The maximum absolute atomic E-state index is 13.9. The van der Waals surface area contributed by atoms with Crippen LogP contribution < -0.4 is 10.0 Å². The number of fused-ring (bicyclic) bond motifs is 2. The molecule has 2 aliphatic rings. The van der Waals surface area contributed by atoms with Gasteiger partial charge in [0.15, 0.2) is 9.84 Å². The first-order chi connectivity index (χ1) is 10.6. The molecule has 2 saturated heterocycles. The number of piperidine rings is 1. The largest absolute Gasteiger partial charge is 0.311 e. The van der Waals surface area contributed by atoms with Crippen LogP contribution in [0.3, 0.4) is 0 Å². The van der Waals surface area contributed by atoms with Crippen molar-refractivity contribution in [1.29, 1.82) is 0 Å². The van der Waals surface area contributed by atoms with Gasteiger partial charge in [-0.25, -0.2) is 25.9 Å². The molecular formula is C14H19FN2O4S2. The minimum atomic E-state index is -3.88. The van der Waals surface area contributed by atoms with Crippen LogP contribution in [-0.4, -0.2) is 41.2 Å². The van der Waals surface area contributed by atoms with Gasteiger partial charge >= 0.3 is 0 Å². The summed E-state index contributed by atoms with van der Waals surface area (Å²) in [6.07, 6.45) is 4.38. The van der Waals surface area contributed by atoms with Crippen LogP contribution in [-0.2, 0) is 19.9 Å². The van der Waals surface area contributed by atoms with Gasteiger partial charge in [-0.1, -0.05) is 0 Å². The molecule has 0 aliphatic carbocycles. The molecule has 0 amide bonds. The van der Waals surface area contributed by atoms with Gasteiger partial charge in [0.1, 0.15) is 10.7 Å². The number of nitrogens with one attached hydrogen (secondary N) is 2. The van der Waals surface area contributed by atoms with Gasteiger partial charge in [-0.3, -0.25) is 0 Å². The highest BCUT2D eigenvalue weighted by atomic mass is 32.2. The van der Waals surface area contributed by atoms with Crippen molar-refractivity contribution in [3.8, 4) is 0 Å². The Kier molecular flexibility index (Phi) is 4.24. The van der Waals surface area contributed by atoms with Crippen molar-refractivity contribution in [3.63, 3.8) is 0 Å². The lowest BCUT2D eigenvalue weighted by Gasteiger charge is -2.29. The van der Waals surface area contributed by atoms with E-state index in [2.05, 4.69) is 10.0 Å². The third-order valence-electron chi connectivity index (χ3n) is 4.41. The van der Waals surface area contributed by atoms with E-state index in [4.69, 9.17) is 0 Å². The third kappa shape index (κ3) is 3.57. The first-order valence-electron chi connectivity index (χ1n) is 7.43. The molecule has 0 spiro atoms. The fourth-order valence-electron chi connectivity index (χ4n) is 3.39. The first kappa shape index (κ1) is 16.8. The molecule has 2 heterocycles. The summed E-state index contributed by atoms with van der Waals surface area (Å²) in [5.41, 5.74) is 0. The lowest BCUT2D eigenvalue weighted by molar-refractivity contribution is 0.345. The van der Waals surface area contributed by atoms with E-state index in [0.29, 0.717) is 24.9 Å². The summed E-state index contributed by atoms with van der Waals surface area (Å²) in [4.78, 5) is -0.760. The van der Waals surface area contributed by atoms with Crippen LogP contribution in [0.1, 0.15) is 25.7 Å². The molecule has 0 aromatic heterocycles. The quantitative estimate of drug-likeness (QED) is 0.826. The Hall–Kier alpha value is -1.03. The van der Waals surface area contributed by atoms with Crippen molar-refractivity contribution in [3.05, 3.63) is 24.0 Å². The maximum atomic E-state index is 13.9. The van der Waals surface area contributed by atoms with Gasteiger partial charge in [0.05, 0.1) is 4.90 Å². The Morgan fingerprint density at radius 3 is 2.26 bits per heavy atom. The summed E-state index contributed by atoms with van der Waals surface area (Å²) in [6, 6.07) is 3.34. The number of hydrogen-bond acceptors (Lipinski definition) is 5. The number of rotatable bonds is 4. The van der Waals surface area contributed by atoms with Gasteiger partial charge in [0.2, 0.25) is 10.0 Å². The molecule has 2 fully saturated rings. The van der Waals surface area contributed by atoms with Crippen molar-refractivity contribution in [2.75, 3.05) is 6.26 Å². The van der Waals surface area contributed by atoms with E-state index in [9.17, 15) is 21.2 Å². The molecule has 9 heteroatoms. The summed E-state index contributed by atoms with van der Waals surface area (Å²) in [5.74, 6) is -1.05. The molecule has 2 N–H and O–H groups in total. The number of halogens is 1. The molecule has 2 bridgehead atoms. The van der Waals surface area contributed by atoms with Gasteiger partial charge < -0.3 is 5.32 Å². The molecule has 2 aliphatic heterocycles. The second-order valence-corrected chi connectivity index (χ2v) is 9.99. The Morgan fingerprint density at radius 1 is 1.13 bits per heavy atom. The fraction of sp³-hybridized carbons (Fsp3) is 0.571. The molecule has 6 nitrogen and oxygen atoms in total. The van der Waals surface area contributed by atoms with Crippen molar-refractivity contribution >= 4 is 19.9 Å². The van der Waals surface area contributed by atoms with Gasteiger partial charge in [-0.2, -0.15) is 0 Å². The van der Waals surface area contributed by atoms with Crippen LogP contribution in [0.2, 0.25) is 0 Å². The molecule has 2 unspecified atom stereocenters. The molecule has 2 atom stereocenters. The van der Waals surface area contributed by atoms with E-state index < -0.39 is 30.6 Å². The van der Waals surface area contributed by atoms with E-state index in [1.54, 1.807) is 0 Å². The SMILES string of the molecule is CS(=O)(=O)c1ccc(S(=O)(=O)NC2CC3CCC(C2)N3)cc1F. The highest BCUT2D eigenvalue weighted by Crippen LogP contribution is 2.28. The van der Waals surface area contributed by atoms with Crippen LogP contribution in [0.15, 0.2) is 28.0 Å². The smallest absolute Gasteiger partial charge is 0.240 e. The standard InChI is InChI=1S/C14H19FN2O4S2/c1-22(18,19)14-5-4-12(8-13(14)15)23(20,21)17-11-6-9-2-3-10(7-11)16-9/h4-5,8-11,16-17H,2-3,6-7H2,1H3. The zero-order valence-corrected chi connectivity index (χ0v) is 14.3. The van der Waals surface area contributed by atoms with Crippen LogP contribution in [0.5, 0.6) is 0 Å². The van der Waals surface area contributed by atoms with Gasteiger partial charge in [0, 0.05) is 24.4 Å². The van der Waals surface area contributed by atoms with Crippen molar-refractivity contribution < 1.29 is 21.2 Å². The van der Waals surface area contributed by atoms with E-state index in [-0.39, 0.29) is 10.9 Å². The minimum absolute atomic E-state index is 0.184. The predicted octanol–water partition coefficient (Wildman–Crippen LogP) is 0.790. The van der Waals surface area contributed by atoms with Crippen molar-refractivity contribution in [2.24, 2.45) is 0 Å². The Labute approximate surface area is 135 Å². The average molecular weight is 362 g/mol.